The van der Waals surface area contributed by atoms with Crippen molar-refractivity contribution in [2.24, 2.45) is 0 Å². The fraction of sp³-hybridized carbons (Fsp3) is 0.500. The van der Waals surface area contributed by atoms with Crippen molar-refractivity contribution in [3.63, 3.8) is 0 Å². The van der Waals surface area contributed by atoms with E-state index in [9.17, 15) is 4.79 Å². The summed E-state index contributed by atoms with van der Waals surface area (Å²) in [6.45, 7) is 2.28. The van der Waals surface area contributed by atoms with Gasteiger partial charge < -0.3 is 4.74 Å². The molecule has 1 heterocycles. The monoisotopic (exact) mass is 283 g/mol. The molecule has 0 spiro atoms. The summed E-state index contributed by atoms with van der Waals surface area (Å²) in [5.74, 6) is 0.105. The van der Waals surface area contributed by atoms with Crippen LogP contribution in [0.3, 0.4) is 0 Å². The lowest BCUT2D eigenvalue weighted by molar-refractivity contribution is -0.143. The first-order chi connectivity index (χ1) is 7.70. The van der Waals surface area contributed by atoms with E-state index in [-0.39, 0.29) is 11.9 Å². The van der Waals surface area contributed by atoms with Gasteiger partial charge in [-0.25, -0.2) is 4.98 Å². The molecule has 4 heteroatoms. The third kappa shape index (κ3) is 2.43. The Morgan fingerprint density at radius 2 is 2.44 bits per heavy atom. The molecule has 0 aromatic carbocycles. The molecule has 3 nitrogen and oxygen atoms in total. The lowest BCUT2D eigenvalue weighted by Gasteiger charge is -2.09. The summed E-state index contributed by atoms with van der Waals surface area (Å²) in [5, 5.41) is 0. The molecule has 0 N–H and O–H groups in total. The standard InChI is InChI=1S/C12H14BrNO2/c1-2-16-11(15)7-9-4-3-8-5-6-10(13)14-12(8)9/h5-6,9H,2-4,7H2,1H3. The van der Waals surface area contributed by atoms with Crippen LogP contribution in [-0.2, 0) is 16.0 Å². The van der Waals surface area contributed by atoms with E-state index >= 15 is 0 Å². The number of ether oxygens (including phenoxy) is 1. The van der Waals surface area contributed by atoms with Crippen molar-refractivity contribution in [2.75, 3.05) is 6.61 Å². The van der Waals surface area contributed by atoms with Crippen molar-refractivity contribution in [3.8, 4) is 0 Å². The van der Waals surface area contributed by atoms with E-state index in [1.807, 2.05) is 13.0 Å². The number of pyridine rings is 1. The molecule has 0 amide bonds. The fourth-order valence-corrected chi connectivity index (χ4v) is 2.45. The molecule has 0 saturated carbocycles. The molecule has 86 valence electrons. The minimum atomic E-state index is -0.123. The van der Waals surface area contributed by atoms with E-state index in [4.69, 9.17) is 4.74 Å². The number of carbonyl (C=O) groups is 1. The molecule has 1 aliphatic rings. The lowest BCUT2D eigenvalue weighted by Crippen LogP contribution is -2.09. The zero-order valence-corrected chi connectivity index (χ0v) is 10.8. The van der Waals surface area contributed by atoms with Crippen molar-refractivity contribution < 1.29 is 9.53 Å². The number of hydrogen-bond acceptors (Lipinski definition) is 3. The van der Waals surface area contributed by atoms with Gasteiger partial charge in [0.1, 0.15) is 4.60 Å². The number of aromatic nitrogens is 1. The van der Waals surface area contributed by atoms with Crippen LogP contribution < -0.4 is 0 Å². The van der Waals surface area contributed by atoms with Crippen molar-refractivity contribution in [1.29, 1.82) is 0 Å². The Bertz CT molecular complexity index is 406. The van der Waals surface area contributed by atoms with Gasteiger partial charge in [-0.15, -0.1) is 0 Å². The first kappa shape index (κ1) is 11.6. The summed E-state index contributed by atoms with van der Waals surface area (Å²) in [5.41, 5.74) is 2.32. The largest absolute Gasteiger partial charge is 0.466 e. The smallest absolute Gasteiger partial charge is 0.306 e. The average molecular weight is 284 g/mol. The third-order valence-electron chi connectivity index (χ3n) is 2.85. The number of esters is 1. The Balaban J connectivity index is 2.11. The summed E-state index contributed by atoms with van der Waals surface area (Å²) >= 11 is 3.36. The van der Waals surface area contributed by atoms with Gasteiger partial charge in [0.25, 0.3) is 0 Å². The number of carbonyl (C=O) groups excluding carboxylic acids is 1. The number of fused-ring (bicyclic) bond motifs is 1. The Morgan fingerprint density at radius 3 is 3.19 bits per heavy atom. The second kappa shape index (κ2) is 4.95. The number of aryl methyl sites for hydroxylation is 1. The van der Waals surface area contributed by atoms with E-state index in [1.165, 1.54) is 5.56 Å². The first-order valence-corrected chi connectivity index (χ1v) is 6.31. The van der Waals surface area contributed by atoms with Gasteiger partial charge in [-0.05, 0) is 47.3 Å². The van der Waals surface area contributed by atoms with E-state index in [0.717, 1.165) is 23.1 Å². The molecular formula is C12H14BrNO2. The molecule has 1 atom stereocenters. The van der Waals surface area contributed by atoms with Crippen LogP contribution >= 0.6 is 15.9 Å². The molecule has 0 bridgehead atoms. The molecule has 0 fully saturated rings. The van der Waals surface area contributed by atoms with Gasteiger partial charge in [-0.2, -0.15) is 0 Å². The molecule has 0 radical (unpaired) electrons. The predicted octanol–water partition coefficient (Wildman–Crippen LogP) is 2.83. The molecular weight excluding hydrogens is 270 g/mol. The SMILES string of the molecule is CCOC(=O)CC1CCc2ccc(Br)nc21. The minimum absolute atomic E-state index is 0.123. The Hall–Kier alpha value is -0.900. The first-order valence-electron chi connectivity index (χ1n) is 5.51. The zero-order chi connectivity index (χ0) is 11.5. The fourth-order valence-electron chi connectivity index (χ4n) is 2.13. The molecule has 0 saturated heterocycles. The van der Waals surface area contributed by atoms with E-state index in [0.29, 0.717) is 13.0 Å². The normalized spacial score (nSPS) is 18.2. The van der Waals surface area contributed by atoms with Crippen LogP contribution in [0.5, 0.6) is 0 Å². The summed E-state index contributed by atoms with van der Waals surface area (Å²) in [4.78, 5) is 15.9. The van der Waals surface area contributed by atoms with Gasteiger partial charge in [0, 0.05) is 11.6 Å². The number of hydrogen-bond donors (Lipinski definition) is 0. The van der Waals surface area contributed by atoms with Crippen LogP contribution in [0.15, 0.2) is 16.7 Å². The van der Waals surface area contributed by atoms with Gasteiger partial charge in [-0.1, -0.05) is 6.07 Å². The Kier molecular flexibility index (Phi) is 3.59. The van der Waals surface area contributed by atoms with Gasteiger partial charge in [0.05, 0.1) is 13.0 Å². The lowest BCUT2D eigenvalue weighted by atomic mass is 10.0. The second-order valence-electron chi connectivity index (χ2n) is 3.92. The van der Waals surface area contributed by atoms with Crippen LogP contribution in [0.2, 0.25) is 0 Å². The highest BCUT2D eigenvalue weighted by Gasteiger charge is 2.26. The highest BCUT2D eigenvalue weighted by atomic mass is 79.9. The molecule has 2 rings (SSSR count). The van der Waals surface area contributed by atoms with Crippen molar-refractivity contribution >= 4 is 21.9 Å². The van der Waals surface area contributed by atoms with Gasteiger partial charge >= 0.3 is 5.97 Å². The summed E-state index contributed by atoms with van der Waals surface area (Å²) in [6.07, 6.45) is 2.46. The van der Waals surface area contributed by atoms with Crippen LogP contribution in [0.1, 0.15) is 36.9 Å². The zero-order valence-electron chi connectivity index (χ0n) is 9.20. The van der Waals surface area contributed by atoms with E-state index in [1.54, 1.807) is 0 Å². The summed E-state index contributed by atoms with van der Waals surface area (Å²) < 4.78 is 5.81. The molecule has 1 aromatic heterocycles. The van der Waals surface area contributed by atoms with Crippen LogP contribution in [0.4, 0.5) is 0 Å². The quantitative estimate of drug-likeness (QED) is 0.633. The molecule has 1 aliphatic carbocycles. The van der Waals surface area contributed by atoms with Gasteiger partial charge in [0.15, 0.2) is 0 Å². The van der Waals surface area contributed by atoms with Crippen LogP contribution in [0, 0.1) is 0 Å². The third-order valence-corrected chi connectivity index (χ3v) is 3.29. The van der Waals surface area contributed by atoms with Crippen molar-refractivity contribution in [1.82, 2.24) is 4.98 Å². The number of halogens is 1. The molecule has 16 heavy (non-hydrogen) atoms. The number of rotatable bonds is 3. The average Bonchev–Trinajstić information content (AvgIpc) is 2.61. The summed E-state index contributed by atoms with van der Waals surface area (Å²) in [7, 11) is 0. The molecule has 1 aromatic rings. The van der Waals surface area contributed by atoms with Crippen LogP contribution in [-0.4, -0.2) is 17.6 Å². The molecule has 0 aliphatic heterocycles. The predicted molar refractivity (Wildman–Crippen MR) is 64.2 cm³/mol. The Morgan fingerprint density at radius 1 is 1.62 bits per heavy atom. The maximum atomic E-state index is 11.4. The highest BCUT2D eigenvalue weighted by molar-refractivity contribution is 9.10. The highest BCUT2D eigenvalue weighted by Crippen LogP contribution is 2.34. The van der Waals surface area contributed by atoms with Gasteiger partial charge in [-0.3, -0.25) is 4.79 Å². The topological polar surface area (TPSA) is 39.2 Å². The van der Waals surface area contributed by atoms with E-state index in [2.05, 4.69) is 27.0 Å². The maximum Gasteiger partial charge on any atom is 0.306 e. The van der Waals surface area contributed by atoms with Crippen molar-refractivity contribution in [2.45, 2.75) is 32.1 Å². The van der Waals surface area contributed by atoms with Gasteiger partial charge in [0.2, 0.25) is 0 Å². The van der Waals surface area contributed by atoms with E-state index < -0.39 is 0 Å². The molecule has 1 unspecified atom stereocenters. The van der Waals surface area contributed by atoms with Crippen LogP contribution in [0.25, 0.3) is 0 Å². The summed E-state index contributed by atoms with van der Waals surface area (Å²) in [6, 6.07) is 4.03. The Labute approximate surface area is 103 Å². The minimum Gasteiger partial charge on any atom is -0.466 e. The van der Waals surface area contributed by atoms with Crippen molar-refractivity contribution in [3.05, 3.63) is 28.0 Å². The second-order valence-corrected chi connectivity index (χ2v) is 4.74. The number of nitrogens with zero attached hydrogens (tertiary/aromatic N) is 1. The maximum absolute atomic E-state index is 11.4.